The lowest BCUT2D eigenvalue weighted by atomic mass is 10.2. The predicted molar refractivity (Wildman–Crippen MR) is 81.1 cm³/mol. The molecule has 0 unspecified atom stereocenters. The molecule has 3 rings (SSSR count). The van der Waals surface area contributed by atoms with E-state index in [2.05, 4.69) is 15.1 Å². The van der Waals surface area contributed by atoms with Gasteiger partial charge in [-0.1, -0.05) is 16.8 Å². The van der Waals surface area contributed by atoms with Crippen molar-refractivity contribution in [3.8, 4) is 34.3 Å². The Labute approximate surface area is 131 Å². The molecule has 0 fully saturated rings. The van der Waals surface area contributed by atoms with Gasteiger partial charge >= 0.3 is 0 Å². The Morgan fingerprint density at radius 2 is 1.82 bits per heavy atom. The van der Waals surface area contributed by atoms with Gasteiger partial charge in [-0.15, -0.1) is 0 Å². The van der Waals surface area contributed by atoms with Crippen LogP contribution in [0.1, 0.15) is 0 Å². The van der Waals surface area contributed by atoms with Crippen LogP contribution in [-0.4, -0.2) is 29.3 Å². The Morgan fingerprint density at radius 3 is 2.45 bits per heavy atom. The summed E-state index contributed by atoms with van der Waals surface area (Å²) in [5, 5.41) is 4.28. The Bertz CT molecular complexity index is 782. The predicted octanol–water partition coefficient (Wildman–Crippen LogP) is 3.47. The van der Waals surface area contributed by atoms with Crippen LogP contribution in [0, 0.1) is 0 Å². The van der Waals surface area contributed by atoms with E-state index in [1.807, 2.05) is 0 Å². The van der Waals surface area contributed by atoms with Crippen molar-refractivity contribution in [2.75, 3.05) is 14.2 Å². The Morgan fingerprint density at radius 1 is 1.09 bits per heavy atom. The van der Waals surface area contributed by atoms with Crippen molar-refractivity contribution in [2.24, 2.45) is 0 Å². The van der Waals surface area contributed by atoms with Crippen LogP contribution in [0.25, 0.3) is 22.8 Å². The first-order valence-electron chi connectivity index (χ1n) is 6.39. The molecule has 0 aliphatic rings. The first-order chi connectivity index (χ1) is 10.7. The minimum atomic E-state index is 0.301. The Kier molecular flexibility index (Phi) is 3.93. The summed E-state index contributed by atoms with van der Waals surface area (Å²) in [5.41, 5.74) is 1.30. The van der Waals surface area contributed by atoms with Crippen LogP contribution in [0.4, 0.5) is 0 Å². The number of nitrogens with zero attached hydrogens (tertiary/aromatic N) is 3. The number of hydrogen-bond donors (Lipinski definition) is 0. The minimum absolute atomic E-state index is 0.301. The molecule has 0 spiro atoms. The lowest BCUT2D eigenvalue weighted by molar-refractivity contribution is 0.394. The van der Waals surface area contributed by atoms with Gasteiger partial charge in [0.25, 0.3) is 5.89 Å². The van der Waals surface area contributed by atoms with Crippen LogP contribution in [0.2, 0.25) is 5.15 Å². The van der Waals surface area contributed by atoms with E-state index < -0.39 is 0 Å². The SMILES string of the molecule is COc1cc(OC)cc(-c2noc(-c3cccnc3Cl)n2)c1. The molecule has 0 N–H and O–H groups in total. The summed E-state index contributed by atoms with van der Waals surface area (Å²) < 4.78 is 15.7. The number of methoxy groups -OCH3 is 2. The van der Waals surface area contributed by atoms with Gasteiger partial charge < -0.3 is 14.0 Å². The number of hydrogen-bond acceptors (Lipinski definition) is 6. The van der Waals surface area contributed by atoms with Crippen molar-refractivity contribution in [1.82, 2.24) is 15.1 Å². The highest BCUT2D eigenvalue weighted by molar-refractivity contribution is 6.31. The fourth-order valence-electron chi connectivity index (χ4n) is 1.93. The van der Waals surface area contributed by atoms with E-state index in [0.717, 1.165) is 0 Å². The molecule has 0 saturated heterocycles. The van der Waals surface area contributed by atoms with Crippen LogP contribution in [-0.2, 0) is 0 Å². The third kappa shape index (κ3) is 2.73. The van der Waals surface area contributed by atoms with E-state index in [-0.39, 0.29) is 0 Å². The molecule has 22 heavy (non-hydrogen) atoms. The highest BCUT2D eigenvalue weighted by Crippen LogP contribution is 2.30. The molecule has 112 valence electrons. The van der Waals surface area contributed by atoms with E-state index >= 15 is 0 Å². The summed E-state index contributed by atoms with van der Waals surface area (Å²) in [6.07, 6.45) is 1.59. The van der Waals surface area contributed by atoms with Gasteiger partial charge in [0.2, 0.25) is 5.82 Å². The molecule has 0 saturated carbocycles. The van der Waals surface area contributed by atoms with E-state index in [4.69, 9.17) is 25.6 Å². The molecule has 3 aromatic rings. The van der Waals surface area contributed by atoms with Crippen LogP contribution in [0.15, 0.2) is 41.1 Å². The lowest BCUT2D eigenvalue weighted by Crippen LogP contribution is -1.90. The maximum atomic E-state index is 6.03. The normalized spacial score (nSPS) is 10.5. The second-order valence-electron chi connectivity index (χ2n) is 4.37. The smallest absolute Gasteiger partial charge is 0.261 e. The summed E-state index contributed by atoms with van der Waals surface area (Å²) in [6, 6.07) is 8.87. The third-order valence-corrected chi connectivity index (χ3v) is 3.33. The fraction of sp³-hybridized carbons (Fsp3) is 0.133. The Balaban J connectivity index is 2.02. The molecule has 0 bridgehead atoms. The van der Waals surface area contributed by atoms with Gasteiger partial charge in [0.1, 0.15) is 16.7 Å². The number of aromatic nitrogens is 3. The highest BCUT2D eigenvalue weighted by Gasteiger charge is 2.15. The fourth-order valence-corrected chi connectivity index (χ4v) is 2.13. The summed E-state index contributed by atoms with van der Waals surface area (Å²) in [6.45, 7) is 0. The quantitative estimate of drug-likeness (QED) is 0.686. The molecule has 2 aromatic heterocycles. The second kappa shape index (κ2) is 6.03. The average Bonchev–Trinajstić information content (AvgIpc) is 3.04. The molecular formula is C15H12ClN3O3. The van der Waals surface area contributed by atoms with Crippen molar-refractivity contribution in [2.45, 2.75) is 0 Å². The van der Waals surface area contributed by atoms with Crippen LogP contribution in [0.5, 0.6) is 11.5 Å². The van der Waals surface area contributed by atoms with Crippen molar-refractivity contribution in [3.05, 3.63) is 41.7 Å². The topological polar surface area (TPSA) is 70.3 Å². The Hall–Kier alpha value is -2.60. The van der Waals surface area contributed by atoms with Crippen LogP contribution < -0.4 is 9.47 Å². The standard InChI is InChI=1S/C15H12ClN3O3/c1-20-10-6-9(7-11(8-10)21-2)14-18-15(22-19-14)12-4-3-5-17-13(12)16/h3-8H,1-2H3. The molecular weight excluding hydrogens is 306 g/mol. The van der Waals surface area contributed by atoms with Gasteiger partial charge in [-0.2, -0.15) is 4.98 Å². The summed E-state index contributed by atoms with van der Waals surface area (Å²) >= 11 is 6.03. The van der Waals surface area contributed by atoms with E-state index in [1.54, 1.807) is 50.7 Å². The first kappa shape index (κ1) is 14.3. The van der Waals surface area contributed by atoms with Gasteiger partial charge in [0.05, 0.1) is 19.8 Å². The molecule has 0 aliphatic carbocycles. The largest absolute Gasteiger partial charge is 0.497 e. The number of pyridine rings is 1. The summed E-state index contributed by atoms with van der Waals surface area (Å²) in [5.74, 6) is 1.99. The van der Waals surface area contributed by atoms with Gasteiger partial charge in [-0.25, -0.2) is 4.98 Å². The third-order valence-electron chi connectivity index (χ3n) is 3.03. The maximum absolute atomic E-state index is 6.03. The zero-order valence-corrected chi connectivity index (χ0v) is 12.7. The molecule has 0 amide bonds. The maximum Gasteiger partial charge on any atom is 0.261 e. The summed E-state index contributed by atoms with van der Waals surface area (Å²) in [4.78, 5) is 8.34. The van der Waals surface area contributed by atoms with E-state index in [1.165, 1.54) is 0 Å². The molecule has 0 atom stereocenters. The van der Waals surface area contributed by atoms with Crippen molar-refractivity contribution < 1.29 is 14.0 Å². The lowest BCUT2D eigenvalue weighted by Gasteiger charge is -2.05. The number of ether oxygens (including phenoxy) is 2. The van der Waals surface area contributed by atoms with Gasteiger partial charge in [-0.05, 0) is 24.3 Å². The van der Waals surface area contributed by atoms with Crippen molar-refractivity contribution in [1.29, 1.82) is 0 Å². The highest BCUT2D eigenvalue weighted by atomic mass is 35.5. The molecule has 2 heterocycles. The minimum Gasteiger partial charge on any atom is -0.497 e. The van der Waals surface area contributed by atoms with E-state index in [9.17, 15) is 0 Å². The van der Waals surface area contributed by atoms with Gasteiger partial charge in [0, 0.05) is 17.8 Å². The van der Waals surface area contributed by atoms with E-state index in [0.29, 0.717) is 39.5 Å². The number of rotatable bonds is 4. The molecule has 7 heteroatoms. The second-order valence-corrected chi connectivity index (χ2v) is 4.72. The van der Waals surface area contributed by atoms with Crippen molar-refractivity contribution in [3.63, 3.8) is 0 Å². The number of benzene rings is 1. The molecule has 0 radical (unpaired) electrons. The van der Waals surface area contributed by atoms with Gasteiger partial charge in [0.15, 0.2) is 0 Å². The zero-order chi connectivity index (χ0) is 15.5. The first-order valence-corrected chi connectivity index (χ1v) is 6.77. The molecule has 6 nitrogen and oxygen atoms in total. The molecule has 0 aliphatic heterocycles. The van der Waals surface area contributed by atoms with Crippen LogP contribution >= 0.6 is 11.6 Å². The summed E-state index contributed by atoms with van der Waals surface area (Å²) in [7, 11) is 3.16. The monoisotopic (exact) mass is 317 g/mol. The van der Waals surface area contributed by atoms with Gasteiger partial charge in [-0.3, -0.25) is 0 Å². The average molecular weight is 318 g/mol. The van der Waals surface area contributed by atoms with Crippen molar-refractivity contribution >= 4 is 11.6 Å². The molecule has 1 aromatic carbocycles. The number of halogens is 1. The van der Waals surface area contributed by atoms with Crippen LogP contribution in [0.3, 0.4) is 0 Å². The zero-order valence-electron chi connectivity index (χ0n) is 11.9.